The van der Waals surface area contributed by atoms with E-state index < -0.39 is 23.9 Å². The maximum absolute atomic E-state index is 12.4. The molecule has 0 aliphatic heterocycles. The van der Waals surface area contributed by atoms with E-state index in [0.29, 0.717) is 89.0 Å². The van der Waals surface area contributed by atoms with Gasteiger partial charge in [-0.2, -0.15) is 0 Å². The minimum atomic E-state index is -0.513. The first-order chi connectivity index (χ1) is 26.9. The van der Waals surface area contributed by atoms with E-state index in [0.717, 1.165) is 0 Å². The molecule has 0 radical (unpaired) electrons. The zero-order valence-electron chi connectivity index (χ0n) is 31.6. The van der Waals surface area contributed by atoms with Crippen molar-refractivity contribution in [1.82, 2.24) is 0 Å². The third kappa shape index (κ3) is 7.20. The van der Waals surface area contributed by atoms with Crippen molar-refractivity contribution < 1.29 is 48.3 Å². The Bertz CT molecular complexity index is 2140. The van der Waals surface area contributed by atoms with E-state index in [2.05, 4.69) is 0 Å². The van der Waals surface area contributed by atoms with Crippen LogP contribution in [0.3, 0.4) is 0 Å². The van der Waals surface area contributed by atoms with E-state index in [9.17, 15) is 29.4 Å². The average Bonchev–Trinajstić information content (AvgIpc) is 3.24. The highest BCUT2D eigenvalue weighted by molar-refractivity contribution is 6.00. The van der Waals surface area contributed by atoms with Crippen molar-refractivity contribution in [2.24, 2.45) is 0 Å². The highest BCUT2D eigenvalue weighted by Gasteiger charge is 2.27. The maximum atomic E-state index is 12.4. The number of carbonyl (C=O) groups is 4. The van der Waals surface area contributed by atoms with E-state index >= 15 is 0 Å². The first-order valence-electron chi connectivity index (χ1n) is 17.4. The van der Waals surface area contributed by atoms with E-state index in [1.807, 2.05) is 26.0 Å². The molecule has 0 aliphatic carbocycles. The highest BCUT2D eigenvalue weighted by atomic mass is 16.5. The Morgan fingerprint density at radius 3 is 0.804 bits per heavy atom. The summed E-state index contributed by atoms with van der Waals surface area (Å²) in [6.07, 6.45) is 0. The molecular formula is C46H38O10. The predicted octanol–water partition coefficient (Wildman–Crippen LogP) is 9.20. The predicted molar refractivity (Wildman–Crippen MR) is 212 cm³/mol. The number of methoxy groups -OCH3 is 4. The molecule has 6 aromatic rings. The maximum Gasteiger partial charge on any atom is 0.337 e. The molecule has 6 rings (SSSR count). The summed E-state index contributed by atoms with van der Waals surface area (Å²) in [7, 11) is 5.21. The molecule has 10 nitrogen and oxygen atoms in total. The number of hydrogen-bond acceptors (Lipinski definition) is 10. The van der Waals surface area contributed by atoms with Crippen LogP contribution in [0.4, 0.5) is 0 Å². The molecule has 2 N–H and O–H groups in total. The number of esters is 4. The summed E-state index contributed by atoms with van der Waals surface area (Å²) < 4.78 is 19.6. The SMILES string of the molecule is COC(=O)c1ccc(-c2cc(-c3ccc(C(=O)OC)cc3)c(O)c(-c3c(C)c(-c4ccc(C(=O)OC)cc4)cc(-c4ccc(C(=O)OC)cc4)c3O)c2C)cc1. The van der Waals surface area contributed by atoms with Gasteiger partial charge in [0.1, 0.15) is 11.5 Å². The molecule has 10 heteroatoms. The summed E-state index contributed by atoms with van der Waals surface area (Å²) >= 11 is 0. The summed E-state index contributed by atoms with van der Waals surface area (Å²) in [6, 6.07) is 30.5. The van der Waals surface area contributed by atoms with Gasteiger partial charge in [-0.1, -0.05) is 48.5 Å². The van der Waals surface area contributed by atoms with Gasteiger partial charge >= 0.3 is 23.9 Å². The highest BCUT2D eigenvalue weighted by Crippen LogP contribution is 2.52. The number of carbonyl (C=O) groups excluding carboxylic acids is 4. The third-order valence-corrected chi connectivity index (χ3v) is 9.84. The number of phenolic OH excluding ortho intramolecular Hbond substituents is 2. The molecule has 0 atom stereocenters. The Labute approximate surface area is 323 Å². The number of ether oxygens (including phenoxy) is 4. The minimum absolute atomic E-state index is 0.133. The van der Waals surface area contributed by atoms with Gasteiger partial charge in [0.2, 0.25) is 0 Å². The lowest BCUT2D eigenvalue weighted by Gasteiger charge is -2.23. The summed E-state index contributed by atoms with van der Waals surface area (Å²) in [5, 5.41) is 24.8. The van der Waals surface area contributed by atoms with Gasteiger partial charge in [0, 0.05) is 22.3 Å². The zero-order chi connectivity index (χ0) is 40.3. The molecule has 0 unspecified atom stereocenters. The molecule has 6 aromatic carbocycles. The number of rotatable bonds is 9. The average molecular weight is 751 g/mol. The second-order valence-corrected chi connectivity index (χ2v) is 12.9. The van der Waals surface area contributed by atoms with Crippen LogP contribution in [-0.2, 0) is 18.9 Å². The van der Waals surface area contributed by atoms with Crippen LogP contribution in [-0.4, -0.2) is 62.5 Å². The van der Waals surface area contributed by atoms with Crippen LogP contribution in [0.2, 0.25) is 0 Å². The fraction of sp³-hybridized carbons (Fsp3) is 0.130. The molecule has 0 saturated heterocycles. The summed E-state index contributed by atoms with van der Waals surface area (Å²) in [5.74, 6) is -2.27. The first-order valence-corrected chi connectivity index (χ1v) is 17.4. The fourth-order valence-electron chi connectivity index (χ4n) is 6.80. The van der Waals surface area contributed by atoms with Crippen molar-refractivity contribution in [2.45, 2.75) is 13.8 Å². The van der Waals surface area contributed by atoms with Crippen molar-refractivity contribution in [1.29, 1.82) is 0 Å². The van der Waals surface area contributed by atoms with Crippen LogP contribution in [0.15, 0.2) is 109 Å². The summed E-state index contributed by atoms with van der Waals surface area (Å²) in [4.78, 5) is 49.1. The molecule has 56 heavy (non-hydrogen) atoms. The van der Waals surface area contributed by atoms with Gasteiger partial charge in [-0.3, -0.25) is 0 Å². The molecule has 0 amide bonds. The monoisotopic (exact) mass is 750 g/mol. The molecule has 0 spiro atoms. The van der Waals surface area contributed by atoms with Gasteiger partial charge in [0.15, 0.2) is 0 Å². The van der Waals surface area contributed by atoms with Gasteiger partial charge in [0.25, 0.3) is 0 Å². The summed E-state index contributed by atoms with van der Waals surface area (Å²) in [5.41, 5.74) is 8.05. The van der Waals surface area contributed by atoms with Gasteiger partial charge in [-0.05, 0) is 119 Å². The molecule has 0 aromatic heterocycles. The van der Waals surface area contributed by atoms with E-state index in [-0.39, 0.29) is 11.5 Å². The van der Waals surface area contributed by atoms with Crippen LogP contribution in [0, 0.1) is 13.8 Å². The zero-order valence-corrected chi connectivity index (χ0v) is 31.6. The van der Waals surface area contributed by atoms with Crippen LogP contribution in [0.5, 0.6) is 11.5 Å². The van der Waals surface area contributed by atoms with Crippen LogP contribution < -0.4 is 0 Å². The van der Waals surface area contributed by atoms with Crippen molar-refractivity contribution in [2.75, 3.05) is 28.4 Å². The number of aromatic hydroxyl groups is 2. The Morgan fingerprint density at radius 1 is 0.375 bits per heavy atom. The standard InChI is InChI=1S/C46H38O10/c1-25-35(27-7-15-31(16-8-27)43(49)53-3)23-37(29-11-19-33(20-12-29)45(51)55-5)41(47)39(25)40-26(2)36(28-9-17-32(18-10-28)44(50)54-4)24-38(42(40)48)30-13-21-34(22-14-30)46(52)56-6/h7-24,47-48H,1-6H3. The second-order valence-electron chi connectivity index (χ2n) is 12.9. The molecule has 0 aliphatic rings. The quantitative estimate of drug-likeness (QED) is 0.108. The summed E-state index contributed by atoms with van der Waals surface area (Å²) in [6.45, 7) is 3.68. The van der Waals surface area contributed by atoms with Crippen molar-refractivity contribution in [3.05, 3.63) is 143 Å². The lowest BCUT2D eigenvalue weighted by Crippen LogP contribution is -2.02. The van der Waals surface area contributed by atoms with Crippen LogP contribution >= 0.6 is 0 Å². The van der Waals surface area contributed by atoms with Crippen molar-refractivity contribution in [3.8, 4) is 67.1 Å². The van der Waals surface area contributed by atoms with E-state index in [1.54, 1.807) is 97.1 Å². The second kappa shape index (κ2) is 16.0. The number of benzene rings is 6. The molecule has 0 heterocycles. The lowest BCUT2D eigenvalue weighted by molar-refractivity contribution is 0.0592. The van der Waals surface area contributed by atoms with Crippen molar-refractivity contribution in [3.63, 3.8) is 0 Å². The van der Waals surface area contributed by atoms with E-state index in [4.69, 9.17) is 18.9 Å². The van der Waals surface area contributed by atoms with Crippen molar-refractivity contribution >= 4 is 23.9 Å². The lowest BCUT2D eigenvalue weighted by atomic mass is 9.82. The number of hydrogen-bond donors (Lipinski definition) is 2. The van der Waals surface area contributed by atoms with Crippen LogP contribution in [0.25, 0.3) is 55.6 Å². The smallest absolute Gasteiger partial charge is 0.337 e. The minimum Gasteiger partial charge on any atom is -0.507 e. The fourth-order valence-corrected chi connectivity index (χ4v) is 6.80. The third-order valence-electron chi connectivity index (χ3n) is 9.84. The van der Waals surface area contributed by atoms with Gasteiger partial charge in [-0.25, -0.2) is 19.2 Å². The normalized spacial score (nSPS) is 10.8. The molecule has 0 bridgehead atoms. The van der Waals surface area contributed by atoms with Gasteiger partial charge in [-0.15, -0.1) is 0 Å². The van der Waals surface area contributed by atoms with Gasteiger partial charge in [0.05, 0.1) is 50.7 Å². The Balaban J connectivity index is 1.68. The molecule has 282 valence electrons. The largest absolute Gasteiger partial charge is 0.507 e. The first kappa shape index (κ1) is 38.5. The van der Waals surface area contributed by atoms with Gasteiger partial charge < -0.3 is 29.2 Å². The molecule has 0 saturated carbocycles. The molecular weight excluding hydrogens is 712 g/mol. The molecule has 0 fully saturated rings. The topological polar surface area (TPSA) is 146 Å². The van der Waals surface area contributed by atoms with Crippen LogP contribution in [0.1, 0.15) is 52.6 Å². The number of phenols is 2. The Morgan fingerprint density at radius 2 is 0.589 bits per heavy atom. The Hall–Kier alpha value is -7.20. The van der Waals surface area contributed by atoms with E-state index in [1.165, 1.54) is 28.4 Å². The Kier molecular flexibility index (Phi) is 11.0.